The van der Waals surface area contributed by atoms with E-state index >= 15 is 0 Å². The van der Waals surface area contributed by atoms with E-state index in [-0.39, 0.29) is 25.6 Å². The van der Waals surface area contributed by atoms with Crippen LogP contribution in [0.1, 0.15) is 38.7 Å². The van der Waals surface area contributed by atoms with Crippen LogP contribution in [-0.2, 0) is 26.0 Å². The van der Waals surface area contributed by atoms with E-state index < -0.39 is 11.8 Å². The van der Waals surface area contributed by atoms with Gasteiger partial charge in [-0.05, 0) is 87.2 Å². The van der Waals surface area contributed by atoms with Gasteiger partial charge in [-0.25, -0.2) is 9.18 Å². The lowest BCUT2D eigenvalue weighted by Crippen LogP contribution is -2.04. The van der Waals surface area contributed by atoms with Crippen LogP contribution in [0.4, 0.5) is 4.39 Å². The van der Waals surface area contributed by atoms with Crippen molar-refractivity contribution in [2.24, 2.45) is 0 Å². The molecule has 0 saturated carbocycles. The number of aliphatic hydroxyl groups excluding tert-OH is 2. The van der Waals surface area contributed by atoms with Crippen molar-refractivity contribution in [1.29, 1.82) is 0 Å². The number of hydrogen-bond acceptors (Lipinski definition) is 8. The highest BCUT2D eigenvalue weighted by Crippen LogP contribution is 2.34. The minimum Gasteiger partial charge on any atom is -0.392 e. The fourth-order valence-electron chi connectivity index (χ4n) is 4.49. The molecule has 0 bridgehead atoms. The van der Waals surface area contributed by atoms with E-state index in [1.54, 1.807) is 18.2 Å². The molecule has 47 heavy (non-hydrogen) atoms. The maximum Gasteiger partial charge on any atom is 0.352 e. The summed E-state index contributed by atoms with van der Waals surface area (Å²) in [6, 6.07) is 25.7. The number of unbranched alkanes of at least 4 members (excludes halogenated alkanes) is 2. The van der Waals surface area contributed by atoms with Crippen LogP contribution < -0.4 is 9.78 Å². The Morgan fingerprint density at radius 2 is 1.53 bits per heavy atom. The molecule has 4 aromatic carbocycles. The van der Waals surface area contributed by atoms with Crippen molar-refractivity contribution in [1.82, 2.24) is 0 Å². The summed E-state index contributed by atoms with van der Waals surface area (Å²) >= 11 is 0. The second kappa shape index (κ2) is 19.7. The number of halogens is 1. The SMILES string of the molecule is C=C(CO)COOOc1ccc(F)c(-c2ccc(-c3ccc(-c4cccc(OOC(C)=O)c4)cc3)c(CCCCC)c2)c1.C=CCO. The molecule has 248 valence electrons. The standard InChI is InChI=1S/C35H35FO7.C3H6O/c1-4-5-6-8-29-19-30(34-21-32(16-18-35(34)36)42-43-39-23-24(2)22-37)15-17-33(29)27-13-11-26(12-14-27)28-9-7-10-31(20-28)41-40-25(3)38;1-2-3-4/h7,9-21,37H,2,4-6,8,22-23H2,1,3H3;2,4H,1,3H2. The monoisotopic (exact) mass is 644 g/mol. The molecular weight excluding hydrogens is 603 g/mol. The number of rotatable bonds is 16. The largest absolute Gasteiger partial charge is 0.392 e. The molecule has 0 aliphatic rings. The number of hydrogen-bond donors (Lipinski definition) is 2. The Hall–Kier alpha value is -4.80. The molecule has 4 aromatic rings. The average molecular weight is 645 g/mol. The highest BCUT2D eigenvalue weighted by Gasteiger charge is 2.13. The van der Waals surface area contributed by atoms with Crippen LogP contribution in [-0.4, -0.2) is 36.0 Å². The second-order valence-electron chi connectivity index (χ2n) is 10.5. The molecule has 0 aliphatic heterocycles. The van der Waals surface area contributed by atoms with E-state index in [9.17, 15) is 9.18 Å². The molecule has 0 radical (unpaired) electrons. The Morgan fingerprint density at radius 1 is 0.830 bits per heavy atom. The zero-order valence-electron chi connectivity index (χ0n) is 26.7. The van der Waals surface area contributed by atoms with Gasteiger partial charge in [0.1, 0.15) is 12.4 Å². The molecule has 0 aromatic heterocycles. The fraction of sp³-hybridized carbons (Fsp3) is 0.237. The third-order valence-corrected chi connectivity index (χ3v) is 6.82. The van der Waals surface area contributed by atoms with Gasteiger partial charge < -0.3 is 15.1 Å². The normalized spacial score (nSPS) is 10.4. The summed E-state index contributed by atoms with van der Waals surface area (Å²) in [5.41, 5.74) is 6.64. The molecule has 0 heterocycles. The number of carbonyl (C=O) groups excluding carboxylic acids is 1. The van der Waals surface area contributed by atoms with Crippen LogP contribution in [0.3, 0.4) is 0 Å². The van der Waals surface area contributed by atoms with Gasteiger partial charge in [0.25, 0.3) is 0 Å². The van der Waals surface area contributed by atoms with Crippen molar-refractivity contribution in [3.05, 3.63) is 121 Å². The number of aryl methyl sites for hydroxylation is 1. The van der Waals surface area contributed by atoms with Gasteiger partial charge >= 0.3 is 5.97 Å². The Kier molecular flexibility index (Phi) is 15.3. The molecule has 0 saturated heterocycles. The Bertz CT molecular complexity index is 1600. The molecule has 0 amide bonds. The summed E-state index contributed by atoms with van der Waals surface area (Å²) in [6.45, 7) is 10.1. The molecule has 0 unspecified atom stereocenters. The van der Waals surface area contributed by atoms with Crippen LogP contribution in [0.2, 0.25) is 0 Å². The minimum absolute atomic E-state index is 0.0367. The van der Waals surface area contributed by atoms with E-state index in [1.807, 2.05) is 42.5 Å². The topological polar surface area (TPSA) is 104 Å². The summed E-state index contributed by atoms with van der Waals surface area (Å²) in [7, 11) is 0. The lowest BCUT2D eigenvalue weighted by atomic mass is 9.91. The van der Waals surface area contributed by atoms with Gasteiger partial charge in [-0.2, -0.15) is 4.89 Å². The lowest BCUT2D eigenvalue weighted by molar-refractivity contribution is -0.462. The van der Waals surface area contributed by atoms with Crippen LogP contribution in [0.5, 0.6) is 11.5 Å². The van der Waals surface area contributed by atoms with Crippen molar-refractivity contribution < 1.29 is 44.0 Å². The minimum atomic E-state index is -0.528. The Morgan fingerprint density at radius 3 is 2.21 bits per heavy atom. The van der Waals surface area contributed by atoms with Crippen molar-refractivity contribution in [2.75, 3.05) is 19.8 Å². The number of benzene rings is 4. The third-order valence-electron chi connectivity index (χ3n) is 6.82. The van der Waals surface area contributed by atoms with Crippen molar-refractivity contribution >= 4 is 5.97 Å². The van der Waals surface area contributed by atoms with Crippen LogP contribution in [0, 0.1) is 5.82 Å². The lowest BCUT2D eigenvalue weighted by Gasteiger charge is -2.14. The van der Waals surface area contributed by atoms with Crippen molar-refractivity contribution in [2.45, 2.75) is 39.5 Å². The molecule has 2 N–H and O–H groups in total. The van der Waals surface area contributed by atoms with E-state index in [4.69, 9.17) is 29.9 Å². The van der Waals surface area contributed by atoms with Crippen LogP contribution >= 0.6 is 0 Å². The molecule has 9 heteroatoms. The first kappa shape index (κ1) is 36.7. The van der Waals surface area contributed by atoms with E-state index in [2.05, 4.69) is 37.1 Å². The molecule has 0 spiro atoms. The molecule has 4 rings (SSSR count). The van der Waals surface area contributed by atoms with Gasteiger partial charge in [-0.15, -0.1) is 6.58 Å². The zero-order valence-corrected chi connectivity index (χ0v) is 26.7. The van der Waals surface area contributed by atoms with E-state index in [0.29, 0.717) is 22.4 Å². The Balaban J connectivity index is 0.00000142. The number of aliphatic hydroxyl groups is 2. The van der Waals surface area contributed by atoms with E-state index in [1.165, 1.54) is 25.1 Å². The molecule has 8 nitrogen and oxygen atoms in total. The first-order valence-electron chi connectivity index (χ1n) is 15.2. The number of carbonyl (C=O) groups is 1. The Labute approximate surface area is 275 Å². The molecular formula is C38H41FO8. The van der Waals surface area contributed by atoms with Gasteiger partial charge in [-0.1, -0.05) is 87.0 Å². The molecule has 0 aliphatic carbocycles. The maximum atomic E-state index is 15.0. The van der Waals surface area contributed by atoms with E-state index in [0.717, 1.165) is 53.5 Å². The van der Waals surface area contributed by atoms with Gasteiger partial charge in [0, 0.05) is 12.5 Å². The van der Waals surface area contributed by atoms with Crippen LogP contribution in [0.25, 0.3) is 33.4 Å². The predicted octanol–water partition coefficient (Wildman–Crippen LogP) is 8.37. The summed E-state index contributed by atoms with van der Waals surface area (Å²) in [5, 5.41) is 21.5. The molecule has 0 fully saturated rings. The molecule has 0 atom stereocenters. The zero-order chi connectivity index (χ0) is 34.0. The average Bonchev–Trinajstić information content (AvgIpc) is 3.10. The van der Waals surface area contributed by atoms with Gasteiger partial charge in [0.2, 0.25) is 0 Å². The second-order valence-corrected chi connectivity index (χ2v) is 10.5. The van der Waals surface area contributed by atoms with Gasteiger partial charge in [0.15, 0.2) is 11.5 Å². The van der Waals surface area contributed by atoms with Gasteiger partial charge in [-0.3, -0.25) is 9.78 Å². The highest BCUT2D eigenvalue weighted by atomic mass is 19.1. The first-order valence-corrected chi connectivity index (χ1v) is 15.2. The predicted molar refractivity (Wildman–Crippen MR) is 180 cm³/mol. The summed E-state index contributed by atoms with van der Waals surface area (Å²) in [6.07, 6.45) is 5.46. The quantitative estimate of drug-likeness (QED) is 0.0543. The maximum absolute atomic E-state index is 15.0. The van der Waals surface area contributed by atoms with Crippen molar-refractivity contribution in [3.63, 3.8) is 0 Å². The third kappa shape index (κ3) is 11.8. The van der Waals surface area contributed by atoms with Crippen LogP contribution in [0.15, 0.2) is 110 Å². The summed E-state index contributed by atoms with van der Waals surface area (Å²) < 4.78 is 15.0. The summed E-state index contributed by atoms with van der Waals surface area (Å²) in [5.74, 6) is -0.224. The summed E-state index contributed by atoms with van der Waals surface area (Å²) in [4.78, 5) is 30.8. The van der Waals surface area contributed by atoms with Crippen molar-refractivity contribution in [3.8, 4) is 44.9 Å². The fourth-order valence-corrected chi connectivity index (χ4v) is 4.49. The smallest absolute Gasteiger partial charge is 0.352 e. The highest BCUT2D eigenvalue weighted by molar-refractivity contribution is 5.77. The van der Waals surface area contributed by atoms with Gasteiger partial charge in [0.05, 0.1) is 13.2 Å². The first-order chi connectivity index (χ1) is 22.8.